The Morgan fingerprint density at radius 2 is 2.06 bits per heavy atom. The molecule has 0 unspecified atom stereocenters. The number of ether oxygens (including phenoxy) is 1. The first-order valence-corrected chi connectivity index (χ1v) is 6.32. The predicted octanol–water partition coefficient (Wildman–Crippen LogP) is 2.27. The smallest absolute Gasteiger partial charge is 0.156 e. The summed E-state index contributed by atoms with van der Waals surface area (Å²) in [7, 11) is 0. The van der Waals surface area contributed by atoms with Gasteiger partial charge < -0.3 is 10.1 Å². The van der Waals surface area contributed by atoms with Crippen molar-refractivity contribution in [1.29, 1.82) is 0 Å². The van der Waals surface area contributed by atoms with Gasteiger partial charge in [-0.2, -0.15) is 0 Å². The molecule has 0 atom stereocenters. The first-order chi connectivity index (χ1) is 8.83. The molecule has 18 heavy (non-hydrogen) atoms. The van der Waals surface area contributed by atoms with Gasteiger partial charge in [-0.05, 0) is 25.0 Å². The van der Waals surface area contributed by atoms with Crippen LogP contribution in [0.5, 0.6) is 0 Å². The zero-order valence-corrected chi connectivity index (χ0v) is 10.5. The van der Waals surface area contributed by atoms with Crippen molar-refractivity contribution in [1.82, 2.24) is 15.0 Å². The summed E-state index contributed by atoms with van der Waals surface area (Å²) in [6.07, 6.45) is 3.50. The van der Waals surface area contributed by atoms with E-state index in [4.69, 9.17) is 16.3 Å². The van der Waals surface area contributed by atoms with Gasteiger partial charge in [0.05, 0.1) is 5.52 Å². The van der Waals surface area contributed by atoms with Crippen LogP contribution >= 0.6 is 11.6 Å². The van der Waals surface area contributed by atoms with E-state index < -0.39 is 0 Å². The standard InChI is InChI=1S/C12H13ClN4O/c13-10-2-1-9-11(17-10)12(15-7-14-9)16-8-3-5-18-6-4-8/h1-2,7-8H,3-6H2,(H,14,15,16). The number of rotatable bonds is 2. The minimum Gasteiger partial charge on any atom is -0.381 e. The fraction of sp³-hybridized carbons (Fsp3) is 0.417. The molecule has 2 aromatic heterocycles. The summed E-state index contributed by atoms with van der Waals surface area (Å²) in [5, 5.41) is 3.85. The largest absolute Gasteiger partial charge is 0.381 e. The van der Waals surface area contributed by atoms with Crippen LogP contribution in [-0.4, -0.2) is 34.2 Å². The van der Waals surface area contributed by atoms with Crippen molar-refractivity contribution in [2.45, 2.75) is 18.9 Å². The third-order valence-electron chi connectivity index (χ3n) is 3.01. The van der Waals surface area contributed by atoms with E-state index in [0.717, 1.165) is 42.9 Å². The quantitative estimate of drug-likeness (QED) is 0.843. The SMILES string of the molecule is Clc1ccc2ncnc(NC3CCOCC3)c2n1. The van der Waals surface area contributed by atoms with E-state index in [-0.39, 0.29) is 0 Å². The van der Waals surface area contributed by atoms with Gasteiger partial charge in [-0.1, -0.05) is 11.6 Å². The molecule has 1 aliphatic heterocycles. The molecule has 0 amide bonds. The van der Waals surface area contributed by atoms with E-state index in [9.17, 15) is 0 Å². The summed E-state index contributed by atoms with van der Waals surface area (Å²) in [5.41, 5.74) is 1.51. The zero-order chi connectivity index (χ0) is 12.4. The zero-order valence-electron chi connectivity index (χ0n) is 9.77. The number of hydrogen-bond acceptors (Lipinski definition) is 5. The van der Waals surface area contributed by atoms with Crippen molar-refractivity contribution in [2.75, 3.05) is 18.5 Å². The van der Waals surface area contributed by atoms with Gasteiger partial charge in [-0.15, -0.1) is 0 Å². The van der Waals surface area contributed by atoms with E-state index in [1.54, 1.807) is 12.4 Å². The number of aromatic nitrogens is 3. The van der Waals surface area contributed by atoms with Gasteiger partial charge in [0.2, 0.25) is 0 Å². The number of fused-ring (bicyclic) bond motifs is 1. The minimum absolute atomic E-state index is 0.373. The average Bonchev–Trinajstić information content (AvgIpc) is 2.41. The van der Waals surface area contributed by atoms with Gasteiger partial charge in [0.15, 0.2) is 5.82 Å². The molecule has 0 aromatic carbocycles. The number of nitrogens with one attached hydrogen (secondary N) is 1. The lowest BCUT2D eigenvalue weighted by Crippen LogP contribution is -2.28. The van der Waals surface area contributed by atoms with Crippen molar-refractivity contribution < 1.29 is 4.74 Å². The molecule has 1 N–H and O–H groups in total. The second kappa shape index (κ2) is 5.04. The maximum atomic E-state index is 5.92. The van der Waals surface area contributed by atoms with Crippen molar-refractivity contribution >= 4 is 28.5 Å². The molecule has 5 nitrogen and oxygen atoms in total. The van der Waals surface area contributed by atoms with Crippen LogP contribution in [0.4, 0.5) is 5.82 Å². The van der Waals surface area contributed by atoms with E-state index in [0.29, 0.717) is 11.2 Å². The van der Waals surface area contributed by atoms with Gasteiger partial charge in [0.1, 0.15) is 17.0 Å². The van der Waals surface area contributed by atoms with E-state index in [2.05, 4.69) is 20.3 Å². The normalized spacial score (nSPS) is 16.9. The Bertz CT molecular complexity index is 557. The Labute approximate surface area is 110 Å². The summed E-state index contributed by atoms with van der Waals surface area (Å²) in [6.45, 7) is 1.57. The molecule has 0 spiro atoms. The number of anilines is 1. The second-order valence-corrected chi connectivity index (χ2v) is 4.64. The third-order valence-corrected chi connectivity index (χ3v) is 3.22. The van der Waals surface area contributed by atoms with Crippen LogP contribution in [0.1, 0.15) is 12.8 Å². The molecular weight excluding hydrogens is 252 g/mol. The molecule has 3 heterocycles. The summed E-state index contributed by atoms with van der Waals surface area (Å²) in [6, 6.07) is 3.95. The lowest BCUT2D eigenvalue weighted by Gasteiger charge is -2.23. The molecule has 0 bridgehead atoms. The third kappa shape index (κ3) is 2.37. The summed E-state index contributed by atoms with van der Waals surface area (Å²) < 4.78 is 5.33. The van der Waals surface area contributed by atoms with Crippen LogP contribution in [-0.2, 0) is 4.74 Å². The van der Waals surface area contributed by atoms with Crippen LogP contribution in [0.2, 0.25) is 5.15 Å². The molecule has 6 heteroatoms. The highest BCUT2D eigenvalue weighted by Crippen LogP contribution is 2.21. The van der Waals surface area contributed by atoms with Gasteiger partial charge >= 0.3 is 0 Å². The molecule has 94 valence electrons. The number of nitrogens with zero attached hydrogens (tertiary/aromatic N) is 3. The predicted molar refractivity (Wildman–Crippen MR) is 69.8 cm³/mol. The van der Waals surface area contributed by atoms with Crippen LogP contribution < -0.4 is 5.32 Å². The first kappa shape index (κ1) is 11.6. The van der Waals surface area contributed by atoms with Crippen molar-refractivity contribution in [2.24, 2.45) is 0 Å². The van der Waals surface area contributed by atoms with Gasteiger partial charge in [0.25, 0.3) is 0 Å². The summed E-state index contributed by atoms with van der Waals surface area (Å²) in [4.78, 5) is 12.7. The topological polar surface area (TPSA) is 59.9 Å². The molecule has 0 aliphatic carbocycles. The Hall–Kier alpha value is -1.46. The fourth-order valence-electron chi connectivity index (χ4n) is 2.06. The van der Waals surface area contributed by atoms with Crippen LogP contribution in [0.3, 0.4) is 0 Å². The van der Waals surface area contributed by atoms with Crippen LogP contribution in [0.25, 0.3) is 11.0 Å². The van der Waals surface area contributed by atoms with Gasteiger partial charge in [-0.3, -0.25) is 0 Å². The summed E-state index contributed by atoms with van der Waals surface area (Å²) in [5.74, 6) is 0.745. The Morgan fingerprint density at radius 1 is 1.22 bits per heavy atom. The Kier molecular flexibility index (Phi) is 3.25. The maximum absolute atomic E-state index is 5.92. The van der Waals surface area contributed by atoms with Crippen molar-refractivity contribution in [3.8, 4) is 0 Å². The van der Waals surface area contributed by atoms with Gasteiger partial charge in [-0.25, -0.2) is 15.0 Å². The van der Waals surface area contributed by atoms with E-state index in [1.807, 2.05) is 6.07 Å². The first-order valence-electron chi connectivity index (χ1n) is 5.94. The molecule has 3 rings (SSSR count). The Balaban J connectivity index is 1.92. The second-order valence-electron chi connectivity index (χ2n) is 4.25. The number of hydrogen-bond donors (Lipinski definition) is 1. The van der Waals surface area contributed by atoms with E-state index in [1.165, 1.54) is 0 Å². The van der Waals surface area contributed by atoms with Crippen LogP contribution in [0, 0.1) is 0 Å². The molecule has 1 fully saturated rings. The molecule has 0 saturated carbocycles. The van der Waals surface area contributed by atoms with E-state index >= 15 is 0 Å². The van der Waals surface area contributed by atoms with Gasteiger partial charge in [0, 0.05) is 19.3 Å². The number of pyridine rings is 1. The minimum atomic E-state index is 0.373. The average molecular weight is 265 g/mol. The highest BCUT2D eigenvalue weighted by Gasteiger charge is 2.15. The molecular formula is C12H13ClN4O. The highest BCUT2D eigenvalue weighted by molar-refractivity contribution is 6.29. The molecule has 1 aliphatic rings. The summed E-state index contributed by atoms with van der Waals surface area (Å²) >= 11 is 5.92. The maximum Gasteiger partial charge on any atom is 0.156 e. The van der Waals surface area contributed by atoms with Crippen LogP contribution in [0.15, 0.2) is 18.5 Å². The molecule has 1 saturated heterocycles. The lowest BCUT2D eigenvalue weighted by atomic mass is 10.1. The lowest BCUT2D eigenvalue weighted by molar-refractivity contribution is 0.0904. The molecule has 2 aromatic rings. The Morgan fingerprint density at radius 3 is 2.89 bits per heavy atom. The highest BCUT2D eigenvalue weighted by atomic mass is 35.5. The van der Waals surface area contributed by atoms with Crippen molar-refractivity contribution in [3.63, 3.8) is 0 Å². The number of halogens is 1. The monoisotopic (exact) mass is 264 g/mol. The fourth-order valence-corrected chi connectivity index (χ4v) is 2.20. The molecule has 0 radical (unpaired) electrons. The van der Waals surface area contributed by atoms with Crippen molar-refractivity contribution in [3.05, 3.63) is 23.6 Å².